The summed E-state index contributed by atoms with van der Waals surface area (Å²) in [5.74, 6) is -0.123. The molecule has 4 rings (SSSR count). The van der Waals surface area contributed by atoms with Gasteiger partial charge in [-0.05, 0) is 36.6 Å². The Bertz CT molecular complexity index is 1060. The average Bonchev–Trinajstić information content (AvgIpc) is 2.85. The number of amides is 1. The minimum Gasteiger partial charge on any atom is -0.448 e. The highest BCUT2D eigenvalue weighted by atomic mass is 35.5. The number of piperidine rings is 1. The average molecular weight is 547 g/mol. The first-order chi connectivity index (χ1) is 17.0. The number of alkyl halides is 3. The molecule has 196 valence electrons. The third kappa shape index (κ3) is 6.34. The van der Waals surface area contributed by atoms with Gasteiger partial charge >= 0.3 is 12.3 Å². The van der Waals surface area contributed by atoms with Crippen molar-refractivity contribution in [2.24, 2.45) is 0 Å². The summed E-state index contributed by atoms with van der Waals surface area (Å²) in [6, 6.07) is 7.95. The molecule has 0 spiro atoms. The molecule has 1 N–H and O–H groups in total. The number of nitrogens with zero attached hydrogens (tertiary/aromatic N) is 4. The van der Waals surface area contributed by atoms with Gasteiger partial charge in [0, 0.05) is 57.0 Å². The van der Waals surface area contributed by atoms with Crippen molar-refractivity contribution in [3.63, 3.8) is 0 Å². The number of aliphatic hydroxyl groups is 1. The van der Waals surface area contributed by atoms with Crippen molar-refractivity contribution < 1.29 is 27.8 Å². The van der Waals surface area contributed by atoms with Crippen molar-refractivity contribution >= 4 is 35.1 Å². The molecule has 0 unspecified atom stereocenters. The molecule has 0 saturated carbocycles. The summed E-state index contributed by atoms with van der Waals surface area (Å²) < 4.78 is 45.6. The number of rotatable bonds is 5. The summed E-state index contributed by atoms with van der Waals surface area (Å²) in [5, 5.41) is 11.5. The summed E-state index contributed by atoms with van der Waals surface area (Å²) in [6.07, 6.45) is -2.98. The molecule has 2 aromatic rings. The maximum Gasteiger partial charge on any atom is 0.420 e. The van der Waals surface area contributed by atoms with Gasteiger partial charge < -0.3 is 19.6 Å². The lowest BCUT2D eigenvalue weighted by molar-refractivity contribution is -0.137. The summed E-state index contributed by atoms with van der Waals surface area (Å²) in [5.41, 5.74) is -1.08. The van der Waals surface area contributed by atoms with Crippen molar-refractivity contribution in [2.75, 3.05) is 57.3 Å². The van der Waals surface area contributed by atoms with Crippen LogP contribution in [0, 0.1) is 0 Å². The van der Waals surface area contributed by atoms with E-state index in [1.807, 2.05) is 4.90 Å². The van der Waals surface area contributed by atoms with Crippen molar-refractivity contribution in [1.29, 1.82) is 0 Å². The maximum absolute atomic E-state index is 13.4. The first-order valence-corrected chi connectivity index (χ1v) is 12.4. The van der Waals surface area contributed by atoms with Gasteiger partial charge in [-0.1, -0.05) is 35.3 Å². The lowest BCUT2D eigenvalue weighted by atomic mass is 9.84. The van der Waals surface area contributed by atoms with Crippen LogP contribution in [0.4, 0.5) is 23.8 Å². The van der Waals surface area contributed by atoms with Crippen LogP contribution in [0.15, 0.2) is 36.5 Å². The third-order valence-electron chi connectivity index (χ3n) is 6.67. The second-order valence-electron chi connectivity index (χ2n) is 8.99. The van der Waals surface area contributed by atoms with Crippen LogP contribution >= 0.6 is 23.2 Å². The number of hydrogen-bond acceptors (Lipinski definition) is 6. The minimum atomic E-state index is -4.54. The van der Waals surface area contributed by atoms with Gasteiger partial charge in [0.25, 0.3) is 0 Å². The number of hydrogen-bond donors (Lipinski definition) is 1. The van der Waals surface area contributed by atoms with E-state index in [4.69, 9.17) is 27.9 Å². The van der Waals surface area contributed by atoms with Crippen LogP contribution < -0.4 is 4.90 Å². The summed E-state index contributed by atoms with van der Waals surface area (Å²) in [4.78, 5) is 21.6. The Balaban J connectivity index is 1.20. The van der Waals surface area contributed by atoms with E-state index in [9.17, 15) is 23.1 Å². The van der Waals surface area contributed by atoms with E-state index < -0.39 is 23.4 Å². The molecule has 12 heteroatoms. The Hall–Kier alpha value is -2.27. The van der Waals surface area contributed by atoms with Gasteiger partial charge in [0.05, 0.1) is 16.2 Å². The van der Waals surface area contributed by atoms with Gasteiger partial charge in [-0.25, -0.2) is 9.78 Å². The molecule has 1 aromatic heterocycles. The lowest BCUT2D eigenvalue weighted by Gasteiger charge is -2.38. The van der Waals surface area contributed by atoms with Crippen LogP contribution in [-0.2, 0) is 16.5 Å². The van der Waals surface area contributed by atoms with E-state index in [-0.39, 0.29) is 17.4 Å². The third-order valence-corrected chi connectivity index (χ3v) is 7.13. The van der Waals surface area contributed by atoms with E-state index in [1.54, 1.807) is 34.1 Å². The predicted molar refractivity (Wildman–Crippen MR) is 130 cm³/mol. The van der Waals surface area contributed by atoms with Gasteiger partial charge in [0.1, 0.15) is 12.4 Å². The van der Waals surface area contributed by atoms with Crippen molar-refractivity contribution in [1.82, 2.24) is 14.8 Å². The molecule has 2 aliphatic rings. The van der Waals surface area contributed by atoms with Gasteiger partial charge in [-0.2, -0.15) is 13.2 Å². The van der Waals surface area contributed by atoms with Crippen LogP contribution in [0.5, 0.6) is 0 Å². The topological polar surface area (TPSA) is 69.1 Å². The van der Waals surface area contributed by atoms with Crippen molar-refractivity contribution in [3.05, 3.63) is 57.7 Å². The molecule has 2 fully saturated rings. The zero-order valence-corrected chi connectivity index (χ0v) is 21.0. The molecule has 36 heavy (non-hydrogen) atoms. The van der Waals surface area contributed by atoms with E-state index in [1.165, 1.54) is 6.20 Å². The molecule has 2 saturated heterocycles. The number of anilines is 1. The van der Waals surface area contributed by atoms with Crippen LogP contribution in [-0.4, -0.2) is 78.4 Å². The predicted octanol–water partition coefficient (Wildman–Crippen LogP) is 4.65. The van der Waals surface area contributed by atoms with Gasteiger partial charge in [-0.3, -0.25) is 4.90 Å². The Kier molecular flexibility index (Phi) is 8.18. The Morgan fingerprint density at radius 2 is 1.67 bits per heavy atom. The fraction of sp³-hybridized carbons (Fsp3) is 0.500. The smallest absolute Gasteiger partial charge is 0.420 e. The Labute approximate surface area is 217 Å². The number of ether oxygens (including phenoxy) is 1. The fourth-order valence-corrected chi connectivity index (χ4v) is 4.82. The van der Waals surface area contributed by atoms with E-state index in [2.05, 4.69) is 4.98 Å². The highest BCUT2D eigenvalue weighted by molar-refractivity contribution is 6.30. The van der Waals surface area contributed by atoms with Crippen LogP contribution in [0.2, 0.25) is 10.0 Å². The maximum atomic E-state index is 13.4. The van der Waals surface area contributed by atoms with Gasteiger partial charge in [-0.15, -0.1) is 0 Å². The molecule has 2 aliphatic heterocycles. The van der Waals surface area contributed by atoms with Crippen molar-refractivity contribution in [2.45, 2.75) is 24.6 Å². The fourth-order valence-electron chi connectivity index (χ4n) is 4.54. The van der Waals surface area contributed by atoms with Crippen LogP contribution in [0.1, 0.15) is 24.0 Å². The first kappa shape index (κ1) is 26.8. The molecule has 7 nitrogen and oxygen atoms in total. The molecule has 1 amide bonds. The largest absolute Gasteiger partial charge is 0.448 e. The number of carbonyl (C=O) groups excluding carboxylic acids is 1. The summed E-state index contributed by atoms with van der Waals surface area (Å²) in [7, 11) is 0. The zero-order chi connectivity index (χ0) is 25.9. The van der Waals surface area contributed by atoms with Crippen molar-refractivity contribution in [3.8, 4) is 0 Å². The molecular formula is C24H27Cl2F3N4O3. The second-order valence-corrected chi connectivity index (χ2v) is 9.86. The highest BCUT2D eigenvalue weighted by Crippen LogP contribution is 2.37. The first-order valence-electron chi connectivity index (χ1n) is 11.7. The van der Waals surface area contributed by atoms with E-state index in [0.29, 0.717) is 63.7 Å². The quantitative estimate of drug-likeness (QED) is 0.588. The molecule has 0 aliphatic carbocycles. The number of aromatic nitrogens is 1. The standard InChI is InChI=1S/C24H27Cl2F3N4O3/c25-18-3-1-17(2-4-18)23(35)5-7-33(8-6-23)22(34)36-14-13-31-9-11-32(12-10-31)21-20(24(27,28)29)15-19(26)16-30-21/h1-4,15-16,35H,5-14H2. The molecule has 1 aromatic carbocycles. The molecule has 0 bridgehead atoms. The number of pyridine rings is 1. The number of benzene rings is 1. The Morgan fingerprint density at radius 3 is 2.28 bits per heavy atom. The van der Waals surface area contributed by atoms with Gasteiger partial charge in [0.15, 0.2) is 0 Å². The molecule has 3 heterocycles. The lowest BCUT2D eigenvalue weighted by Crippen LogP contribution is -2.49. The molecule has 0 radical (unpaired) electrons. The number of halogens is 5. The second kappa shape index (κ2) is 11.0. The van der Waals surface area contributed by atoms with Crippen LogP contribution in [0.3, 0.4) is 0 Å². The van der Waals surface area contributed by atoms with Crippen LogP contribution in [0.25, 0.3) is 0 Å². The van der Waals surface area contributed by atoms with Gasteiger partial charge in [0.2, 0.25) is 0 Å². The number of carbonyl (C=O) groups is 1. The zero-order valence-electron chi connectivity index (χ0n) is 19.5. The monoisotopic (exact) mass is 546 g/mol. The number of likely N-dealkylation sites (tertiary alicyclic amines) is 1. The van der Waals surface area contributed by atoms with E-state index >= 15 is 0 Å². The normalized spacial score (nSPS) is 18.8. The van der Waals surface area contributed by atoms with E-state index in [0.717, 1.165) is 11.6 Å². The Morgan fingerprint density at radius 1 is 1.03 bits per heavy atom. The summed E-state index contributed by atoms with van der Waals surface area (Å²) >= 11 is 11.6. The molecule has 0 atom stereocenters. The summed E-state index contributed by atoms with van der Waals surface area (Å²) in [6.45, 7) is 3.13. The highest BCUT2D eigenvalue weighted by Gasteiger charge is 2.37. The number of piperazine rings is 1. The SMILES string of the molecule is O=C(OCCN1CCN(c2ncc(Cl)cc2C(F)(F)F)CC1)N1CCC(O)(c2ccc(Cl)cc2)CC1. The minimum absolute atomic E-state index is 0.0603. The molecular weight excluding hydrogens is 520 g/mol.